The van der Waals surface area contributed by atoms with Gasteiger partial charge in [0.25, 0.3) is 0 Å². The Morgan fingerprint density at radius 2 is 0.528 bits per heavy atom. The van der Waals surface area contributed by atoms with Gasteiger partial charge in [0.1, 0.15) is 8.07 Å². The molecular formula is C66H65N5Si. The van der Waals surface area contributed by atoms with E-state index in [0.29, 0.717) is 61.2 Å². The Balaban J connectivity index is 1.81. The fourth-order valence-corrected chi connectivity index (χ4v) is 8.77. The Bertz CT molecular complexity index is 3440. The van der Waals surface area contributed by atoms with Gasteiger partial charge in [-0.05, 0) is 197 Å². The molecule has 0 unspecified atom stereocenters. The fraction of sp³-hybridized carbons (Fsp3) is 0.288. The van der Waals surface area contributed by atoms with Crippen molar-refractivity contribution in [2.45, 2.75) is 124 Å². The second kappa shape index (κ2) is 20.4. The Kier molecular flexibility index (Phi) is 15.1. The number of fused-ring (bicyclic) bond motifs is 10. The second-order valence-corrected chi connectivity index (χ2v) is 28.8. The summed E-state index contributed by atoms with van der Waals surface area (Å²) in [5.74, 6) is 3.41. The maximum Gasteiger partial charge on any atom is 0.129 e. The summed E-state index contributed by atoms with van der Waals surface area (Å²) < 4.78 is 0. The van der Waals surface area contributed by atoms with Crippen LogP contribution >= 0.6 is 0 Å². The molecule has 0 radical (unpaired) electrons. The van der Waals surface area contributed by atoms with E-state index in [1.165, 1.54) is 0 Å². The van der Waals surface area contributed by atoms with E-state index < -0.39 is 8.07 Å². The van der Waals surface area contributed by atoms with Gasteiger partial charge >= 0.3 is 0 Å². The molecule has 6 heteroatoms. The Morgan fingerprint density at radius 3 is 0.736 bits per heavy atom. The summed E-state index contributed by atoms with van der Waals surface area (Å²) in [5.41, 5.74) is 16.2. The summed E-state index contributed by atoms with van der Waals surface area (Å²) in [6.07, 6.45) is 9.35. The van der Waals surface area contributed by atoms with Crippen molar-refractivity contribution in [2.24, 2.45) is 0 Å². The second-order valence-electron chi connectivity index (χ2n) is 24.1. The highest BCUT2D eigenvalue weighted by Crippen LogP contribution is 2.36. The highest BCUT2D eigenvalue weighted by Gasteiger charge is 2.22. The lowest BCUT2D eigenvalue weighted by molar-refractivity contribution is 0.589. The smallest absolute Gasteiger partial charge is 0.129 e. The lowest BCUT2D eigenvalue weighted by Gasteiger charge is -2.22. The summed E-state index contributed by atoms with van der Waals surface area (Å²) in [5, 5.41) is 54.8. The van der Waals surface area contributed by atoms with Crippen LogP contribution in [0.15, 0.2) is 91.0 Å². The van der Waals surface area contributed by atoms with Crippen molar-refractivity contribution in [3.05, 3.63) is 174 Å². The normalized spacial score (nSPS) is 13.4. The minimum Gasteiger partial charge on any atom is -0.192 e. The molecule has 0 amide bonds. The van der Waals surface area contributed by atoms with Crippen molar-refractivity contribution >= 4 is 66.3 Å². The van der Waals surface area contributed by atoms with Gasteiger partial charge in [0.05, 0.1) is 58.2 Å². The van der Waals surface area contributed by atoms with Gasteiger partial charge in [0.2, 0.25) is 0 Å². The van der Waals surface area contributed by atoms with Crippen LogP contribution in [-0.4, -0.2) is 8.07 Å². The molecule has 1 aliphatic rings. The molecule has 1 aliphatic carbocycles. The number of benzene rings is 5. The summed E-state index contributed by atoms with van der Waals surface area (Å²) in [4.78, 5) is 0. The number of nitrogens with zero attached hydrogens (tertiary/aromatic N) is 5. The number of rotatable bonds is 0. The third-order valence-electron chi connectivity index (χ3n) is 12.5. The monoisotopic (exact) mass is 956 g/mol. The van der Waals surface area contributed by atoms with E-state index in [9.17, 15) is 26.3 Å². The zero-order valence-electron chi connectivity index (χ0n) is 44.8. The topological polar surface area (TPSA) is 119 Å². The van der Waals surface area contributed by atoms with Crippen molar-refractivity contribution in [1.29, 1.82) is 26.3 Å². The van der Waals surface area contributed by atoms with Crippen molar-refractivity contribution in [1.82, 2.24) is 0 Å². The van der Waals surface area contributed by atoms with E-state index >= 15 is 0 Å². The van der Waals surface area contributed by atoms with E-state index in [4.69, 9.17) is 0 Å². The minimum absolute atomic E-state index is 0.303. The molecule has 10 bridgehead atoms. The maximum atomic E-state index is 11.0. The van der Waals surface area contributed by atoms with E-state index in [1.54, 1.807) is 0 Å². The van der Waals surface area contributed by atoms with E-state index in [1.807, 2.05) is 97.1 Å². The average molecular weight is 956 g/mol. The molecule has 0 saturated heterocycles. The molecule has 72 heavy (non-hydrogen) atoms. The number of allylic oxidation sites excluding steroid dienone is 5. The number of nitriles is 5. The van der Waals surface area contributed by atoms with Gasteiger partial charge < -0.3 is 0 Å². The first-order chi connectivity index (χ1) is 33.5. The van der Waals surface area contributed by atoms with Crippen molar-refractivity contribution < 1.29 is 0 Å². The molecule has 0 fully saturated rings. The van der Waals surface area contributed by atoms with E-state index in [0.717, 1.165) is 50.1 Å². The molecule has 0 aliphatic heterocycles. The molecule has 0 aromatic heterocycles. The predicted molar refractivity (Wildman–Crippen MR) is 305 cm³/mol. The van der Waals surface area contributed by atoms with Gasteiger partial charge in [0, 0.05) is 5.56 Å². The van der Waals surface area contributed by atoms with Crippen LogP contribution in [0.3, 0.4) is 0 Å². The van der Waals surface area contributed by atoms with E-state index in [-0.39, 0.29) is 21.7 Å². The first-order valence-electron chi connectivity index (χ1n) is 24.4. The first kappa shape index (κ1) is 53.4. The highest BCUT2D eigenvalue weighted by molar-refractivity contribution is 6.83. The molecule has 0 atom stereocenters. The molecule has 5 aromatic rings. The van der Waals surface area contributed by atoms with Crippen LogP contribution in [0.5, 0.6) is 0 Å². The maximum absolute atomic E-state index is 11.0. The molecule has 358 valence electrons. The van der Waals surface area contributed by atoms with E-state index in [2.05, 4.69) is 169 Å². The molecule has 0 spiro atoms. The van der Waals surface area contributed by atoms with Crippen LogP contribution < -0.4 is 0 Å². The van der Waals surface area contributed by atoms with Crippen molar-refractivity contribution in [2.75, 3.05) is 0 Å². The Labute approximate surface area is 431 Å². The average Bonchev–Trinajstić information content (AvgIpc) is 3.29. The van der Waals surface area contributed by atoms with Gasteiger partial charge in [-0.1, -0.05) is 133 Å². The largest absolute Gasteiger partial charge is 0.192 e. The van der Waals surface area contributed by atoms with Crippen molar-refractivity contribution in [3.63, 3.8) is 0 Å². The van der Waals surface area contributed by atoms with Gasteiger partial charge in [-0.3, -0.25) is 0 Å². The predicted octanol–water partition coefficient (Wildman–Crippen LogP) is 16.7. The summed E-state index contributed by atoms with van der Waals surface area (Å²) in [6.45, 7) is 32.1. The third-order valence-corrected chi connectivity index (χ3v) is 13.4. The Hall–Kier alpha value is -7.97. The lowest BCUT2D eigenvalue weighted by Crippen LogP contribution is -2.16. The summed E-state index contributed by atoms with van der Waals surface area (Å²) in [6, 6.07) is 42.5. The zero-order chi connectivity index (χ0) is 53.1. The molecule has 5 nitrogen and oxygen atoms in total. The standard InChI is InChI=1S/C66H65N5Si/c1-63(2,3)59-30-45-21-51(35-59)56(40-69)28-47-23-53(37-61(32-47)65(7,8)9)58(42-71)29-48-24-52(36-62(33-48)66(10,11)12)57(41-70)27-46-22-50(34-60(31-46)64(4,5)6)55(39-68)25-44-18-43(16-17-72(13,14)15)19-49(20-44)54(26-45)38-67/h18-37H,1-15H3. The van der Waals surface area contributed by atoms with Crippen LogP contribution in [0.25, 0.3) is 58.2 Å². The van der Waals surface area contributed by atoms with Crippen LogP contribution in [0.4, 0.5) is 0 Å². The first-order valence-corrected chi connectivity index (χ1v) is 27.9. The van der Waals surface area contributed by atoms with Gasteiger partial charge in [-0.15, -0.1) is 5.54 Å². The van der Waals surface area contributed by atoms with Crippen LogP contribution in [0, 0.1) is 68.1 Å². The van der Waals surface area contributed by atoms with Gasteiger partial charge in [-0.25, -0.2) is 0 Å². The zero-order valence-corrected chi connectivity index (χ0v) is 45.8. The van der Waals surface area contributed by atoms with Gasteiger partial charge in [0.15, 0.2) is 0 Å². The molecule has 0 heterocycles. The SMILES string of the molecule is CC(C)(C)c1cc2cc(c1)C(C#N)=Cc1cc(cc(C(C)(C)C)c1)C(C#N)=Cc1cc(cc(C(C)(C)C)c1)C(C#N)=Cc1cc(cc(C(C)(C)C)c1)C(C#N)=Cc1cc(C#C[Si](C)(C)C)cc(c1)C(C#N)=C2. The number of hydrogen-bond donors (Lipinski definition) is 0. The van der Waals surface area contributed by atoms with Gasteiger partial charge in [-0.2, -0.15) is 26.3 Å². The molecular weight excluding hydrogens is 891 g/mol. The summed E-state index contributed by atoms with van der Waals surface area (Å²) >= 11 is 0. The summed E-state index contributed by atoms with van der Waals surface area (Å²) in [7, 11) is -1.83. The van der Waals surface area contributed by atoms with Crippen molar-refractivity contribution in [3.8, 4) is 41.8 Å². The van der Waals surface area contributed by atoms with Crippen LogP contribution in [-0.2, 0) is 21.7 Å². The number of hydrogen-bond acceptors (Lipinski definition) is 5. The molecule has 0 saturated carbocycles. The minimum atomic E-state index is -1.83. The third kappa shape index (κ3) is 13.3. The fourth-order valence-electron chi connectivity index (χ4n) is 8.25. The molecule has 0 N–H and O–H groups in total. The highest BCUT2D eigenvalue weighted by atomic mass is 28.3. The van der Waals surface area contributed by atoms with Crippen LogP contribution in [0.1, 0.15) is 167 Å². The Morgan fingerprint density at radius 1 is 0.306 bits per heavy atom. The quantitative estimate of drug-likeness (QED) is 0.113. The molecule has 5 aromatic carbocycles. The van der Waals surface area contributed by atoms with Crippen LogP contribution in [0.2, 0.25) is 19.6 Å². The molecule has 6 rings (SSSR count). The lowest BCUT2D eigenvalue weighted by atomic mass is 9.82.